The number of aliphatic hydroxyl groups is 1. The molecule has 4 aromatic heterocycles. The number of rotatable bonds is 6. The number of fused-ring (bicyclic) bond motifs is 3. The zero-order valence-corrected chi connectivity index (χ0v) is 20.3. The van der Waals surface area contributed by atoms with Gasteiger partial charge in [0.15, 0.2) is 5.65 Å². The highest BCUT2D eigenvalue weighted by molar-refractivity contribution is 6.30. The summed E-state index contributed by atoms with van der Waals surface area (Å²) in [5, 5.41) is 30.2. The Morgan fingerprint density at radius 2 is 1.84 bits per heavy atom. The topological polar surface area (TPSA) is 110 Å². The van der Waals surface area contributed by atoms with E-state index in [0.717, 1.165) is 44.5 Å². The average molecular weight is 535 g/mol. The Balaban J connectivity index is 0.000000405. The molecule has 0 radical (unpaired) electrons. The van der Waals surface area contributed by atoms with Crippen molar-refractivity contribution < 1.29 is 28.2 Å². The summed E-state index contributed by atoms with van der Waals surface area (Å²) in [6.07, 6.45) is -2.46. The third-order valence-electron chi connectivity index (χ3n) is 5.52. The largest absolute Gasteiger partial charge is 0.490 e. The van der Waals surface area contributed by atoms with Gasteiger partial charge in [-0.1, -0.05) is 23.7 Å². The van der Waals surface area contributed by atoms with Gasteiger partial charge < -0.3 is 14.8 Å². The number of carboxylic acids is 1. The van der Waals surface area contributed by atoms with Gasteiger partial charge in [0.25, 0.3) is 0 Å². The Kier molecular flexibility index (Phi) is 7.50. The summed E-state index contributed by atoms with van der Waals surface area (Å²) in [5.41, 5.74) is 5.93. The molecule has 0 aliphatic rings. The second kappa shape index (κ2) is 10.6. The molecule has 0 amide bonds. The van der Waals surface area contributed by atoms with E-state index in [4.69, 9.17) is 31.7 Å². The fourth-order valence-electron chi connectivity index (χ4n) is 3.90. The maximum Gasteiger partial charge on any atom is 0.490 e. The molecule has 0 bridgehead atoms. The van der Waals surface area contributed by atoms with E-state index in [9.17, 15) is 13.2 Å². The first-order chi connectivity index (χ1) is 17.6. The van der Waals surface area contributed by atoms with Gasteiger partial charge in [0.1, 0.15) is 11.5 Å². The van der Waals surface area contributed by atoms with Gasteiger partial charge in [-0.05, 0) is 55.3 Å². The molecule has 0 saturated carbocycles. The van der Waals surface area contributed by atoms with Crippen LogP contribution in [0, 0.1) is 6.92 Å². The first-order valence-corrected chi connectivity index (χ1v) is 11.5. The number of aliphatic carboxylic acids is 1. The molecular formula is C24H22ClF3N6O3. The van der Waals surface area contributed by atoms with Crippen LogP contribution in [0.25, 0.3) is 28.1 Å². The van der Waals surface area contributed by atoms with Crippen molar-refractivity contribution in [2.24, 2.45) is 0 Å². The molecule has 0 fully saturated rings. The molecule has 0 spiro atoms. The van der Waals surface area contributed by atoms with Crippen LogP contribution < -0.4 is 0 Å². The maximum atomic E-state index is 10.6. The molecule has 2 N–H and O–H groups in total. The van der Waals surface area contributed by atoms with Gasteiger partial charge in [0, 0.05) is 30.9 Å². The van der Waals surface area contributed by atoms with Crippen LogP contribution in [0.3, 0.4) is 0 Å². The Labute approximate surface area is 213 Å². The maximum absolute atomic E-state index is 10.6. The number of carbonyl (C=O) groups is 1. The molecule has 5 aromatic rings. The van der Waals surface area contributed by atoms with Crippen LogP contribution in [0.5, 0.6) is 0 Å². The number of benzene rings is 1. The Bertz CT molecular complexity index is 1560. The van der Waals surface area contributed by atoms with E-state index < -0.39 is 12.1 Å². The zero-order valence-electron chi connectivity index (χ0n) is 19.5. The number of hydrogen-bond donors (Lipinski definition) is 2. The van der Waals surface area contributed by atoms with Crippen LogP contribution in [0.4, 0.5) is 13.2 Å². The summed E-state index contributed by atoms with van der Waals surface area (Å²) in [6.45, 7) is 3.45. The predicted molar refractivity (Wildman–Crippen MR) is 130 cm³/mol. The first-order valence-electron chi connectivity index (χ1n) is 11.1. The lowest BCUT2D eigenvalue weighted by Gasteiger charge is -2.10. The molecule has 9 nitrogen and oxygen atoms in total. The second-order valence-electron chi connectivity index (χ2n) is 8.13. The van der Waals surface area contributed by atoms with Gasteiger partial charge >= 0.3 is 12.1 Å². The van der Waals surface area contributed by atoms with Gasteiger partial charge in [-0.3, -0.25) is 9.08 Å². The molecule has 0 aliphatic carbocycles. The third kappa shape index (κ3) is 5.75. The van der Waals surface area contributed by atoms with Crippen LogP contribution >= 0.6 is 11.6 Å². The number of pyridine rings is 1. The quantitative estimate of drug-likeness (QED) is 0.330. The van der Waals surface area contributed by atoms with Crippen molar-refractivity contribution in [2.45, 2.75) is 32.6 Å². The number of nitrogens with zero attached hydrogens (tertiary/aromatic N) is 6. The summed E-state index contributed by atoms with van der Waals surface area (Å²) < 4.78 is 37.9. The molecule has 13 heteroatoms. The Hall–Kier alpha value is -3.90. The van der Waals surface area contributed by atoms with Crippen molar-refractivity contribution >= 4 is 34.3 Å². The summed E-state index contributed by atoms with van der Waals surface area (Å²) >= 11 is 6.23. The van der Waals surface area contributed by atoms with Gasteiger partial charge in [-0.2, -0.15) is 18.3 Å². The van der Waals surface area contributed by atoms with Crippen molar-refractivity contribution in [2.75, 3.05) is 6.61 Å². The van der Waals surface area contributed by atoms with E-state index >= 15 is 0 Å². The number of aromatic nitrogens is 6. The fourth-order valence-corrected chi connectivity index (χ4v) is 4.11. The highest BCUT2D eigenvalue weighted by Gasteiger charge is 2.38. The molecule has 0 aliphatic heterocycles. The van der Waals surface area contributed by atoms with Crippen LogP contribution in [0.1, 0.15) is 17.8 Å². The van der Waals surface area contributed by atoms with Gasteiger partial charge in [0.05, 0.1) is 16.7 Å². The SMILES string of the molecule is Cc1nnc2ccc3c(cc(-c4ccn(CCCO)n4)n3Cc3cccc(Cl)c3)n12.O=C(O)C(F)(F)F. The van der Waals surface area contributed by atoms with Crippen molar-refractivity contribution in [3.8, 4) is 11.4 Å². The van der Waals surface area contributed by atoms with E-state index in [1.165, 1.54) is 0 Å². The number of hydrogen-bond acceptors (Lipinski definition) is 5. The van der Waals surface area contributed by atoms with Gasteiger partial charge in [0.2, 0.25) is 0 Å². The summed E-state index contributed by atoms with van der Waals surface area (Å²) in [5.74, 6) is -1.91. The van der Waals surface area contributed by atoms with Gasteiger partial charge in [-0.25, -0.2) is 4.79 Å². The summed E-state index contributed by atoms with van der Waals surface area (Å²) in [6, 6.07) is 16.1. The molecule has 194 valence electrons. The molecule has 4 heterocycles. The number of aliphatic hydroxyl groups excluding tert-OH is 1. The second-order valence-corrected chi connectivity index (χ2v) is 8.57. The predicted octanol–water partition coefficient (Wildman–Crippen LogP) is 4.57. The highest BCUT2D eigenvalue weighted by Crippen LogP contribution is 2.30. The summed E-state index contributed by atoms with van der Waals surface area (Å²) in [4.78, 5) is 8.90. The number of alkyl halides is 3. The highest BCUT2D eigenvalue weighted by atomic mass is 35.5. The van der Waals surface area contributed by atoms with E-state index in [2.05, 4.69) is 37.4 Å². The minimum Gasteiger partial charge on any atom is -0.475 e. The number of halogens is 4. The van der Waals surface area contributed by atoms with Crippen molar-refractivity contribution in [1.29, 1.82) is 0 Å². The molecule has 5 rings (SSSR count). The smallest absolute Gasteiger partial charge is 0.475 e. The first kappa shape index (κ1) is 26.2. The molecule has 1 aromatic carbocycles. The van der Waals surface area contributed by atoms with Crippen molar-refractivity contribution in [1.82, 2.24) is 28.9 Å². The number of aryl methyl sites for hydroxylation is 2. The summed E-state index contributed by atoms with van der Waals surface area (Å²) in [7, 11) is 0. The molecule has 0 saturated heterocycles. The standard InChI is InChI=1S/C22H21ClN6O.C2HF3O2/c1-15-24-25-22-7-6-19-21(29(15)22)13-20(18-8-10-27(26-18)9-3-11-30)28(19)14-16-4-2-5-17(23)12-16;3-2(4,5)1(6)7/h2,4-8,10,12-13,30H,3,9,11,14H2,1H3;(H,6,7). The van der Waals surface area contributed by atoms with Crippen LogP contribution in [0.2, 0.25) is 5.02 Å². The average Bonchev–Trinajstić information content (AvgIpc) is 3.55. The lowest BCUT2D eigenvalue weighted by Crippen LogP contribution is -2.21. The lowest BCUT2D eigenvalue weighted by atomic mass is 10.2. The van der Waals surface area contributed by atoms with Crippen LogP contribution in [-0.4, -0.2) is 57.9 Å². The monoisotopic (exact) mass is 534 g/mol. The zero-order chi connectivity index (χ0) is 26.7. The molecule has 0 unspecified atom stereocenters. The molecular weight excluding hydrogens is 513 g/mol. The Morgan fingerprint density at radius 1 is 1.08 bits per heavy atom. The van der Waals surface area contributed by atoms with E-state index in [0.29, 0.717) is 19.5 Å². The minimum absolute atomic E-state index is 0.148. The minimum atomic E-state index is -5.08. The van der Waals surface area contributed by atoms with Crippen LogP contribution in [-0.2, 0) is 17.9 Å². The third-order valence-corrected chi connectivity index (χ3v) is 5.75. The Morgan fingerprint density at radius 3 is 2.51 bits per heavy atom. The molecule has 37 heavy (non-hydrogen) atoms. The lowest BCUT2D eigenvalue weighted by molar-refractivity contribution is -0.192. The van der Waals surface area contributed by atoms with E-state index in [-0.39, 0.29) is 6.61 Å². The number of carboxylic acid groups (broad SMARTS) is 1. The van der Waals surface area contributed by atoms with Crippen LogP contribution in [0.15, 0.2) is 54.7 Å². The van der Waals surface area contributed by atoms with Gasteiger partial charge in [-0.15, -0.1) is 10.2 Å². The van der Waals surface area contributed by atoms with Crippen molar-refractivity contribution in [3.05, 3.63) is 71.1 Å². The van der Waals surface area contributed by atoms with E-state index in [1.54, 1.807) is 0 Å². The fraction of sp³-hybridized carbons (Fsp3) is 0.250. The van der Waals surface area contributed by atoms with E-state index in [1.807, 2.05) is 48.1 Å². The normalized spacial score (nSPS) is 11.6. The van der Waals surface area contributed by atoms with Crippen molar-refractivity contribution in [3.63, 3.8) is 0 Å². The molecule has 0 atom stereocenters.